The van der Waals surface area contributed by atoms with E-state index in [1.165, 1.54) is 0 Å². The maximum Gasteiger partial charge on any atom is 0.134 e. The molecule has 2 rings (SSSR count). The molecule has 18 heavy (non-hydrogen) atoms. The number of nitrogens with one attached hydrogen (secondary N) is 1. The van der Waals surface area contributed by atoms with Crippen LogP contribution in [0, 0.1) is 6.92 Å². The first-order valence-corrected chi connectivity index (χ1v) is 6.69. The molecule has 0 bridgehead atoms. The summed E-state index contributed by atoms with van der Waals surface area (Å²) in [5.41, 5.74) is 6.84. The van der Waals surface area contributed by atoms with Gasteiger partial charge in [-0.2, -0.15) is 0 Å². The van der Waals surface area contributed by atoms with Gasteiger partial charge >= 0.3 is 0 Å². The molecule has 100 valence electrons. The first-order valence-electron chi connectivity index (χ1n) is 6.69. The maximum absolute atomic E-state index is 5.91. The Kier molecular flexibility index (Phi) is 4.36. The van der Waals surface area contributed by atoms with Crippen LogP contribution in [-0.2, 0) is 11.2 Å². The fourth-order valence-electron chi connectivity index (χ4n) is 2.11. The molecule has 1 fully saturated rings. The van der Waals surface area contributed by atoms with Crippen LogP contribution in [0.15, 0.2) is 0 Å². The first kappa shape index (κ1) is 13.1. The van der Waals surface area contributed by atoms with Gasteiger partial charge in [-0.1, -0.05) is 6.92 Å². The zero-order valence-corrected chi connectivity index (χ0v) is 11.2. The molecule has 0 spiro atoms. The predicted octanol–water partition coefficient (Wildman–Crippen LogP) is 1.91. The van der Waals surface area contributed by atoms with E-state index in [4.69, 9.17) is 10.5 Å². The summed E-state index contributed by atoms with van der Waals surface area (Å²) in [5, 5.41) is 3.34. The van der Waals surface area contributed by atoms with Gasteiger partial charge in [0.2, 0.25) is 0 Å². The Morgan fingerprint density at radius 3 is 2.94 bits per heavy atom. The summed E-state index contributed by atoms with van der Waals surface area (Å²) >= 11 is 0. The van der Waals surface area contributed by atoms with Gasteiger partial charge in [-0.15, -0.1) is 0 Å². The second-order valence-electron chi connectivity index (χ2n) is 4.76. The highest BCUT2D eigenvalue weighted by Crippen LogP contribution is 2.19. The van der Waals surface area contributed by atoms with Gasteiger partial charge in [0, 0.05) is 25.1 Å². The van der Waals surface area contributed by atoms with Crippen molar-refractivity contribution >= 4 is 11.6 Å². The fraction of sp³-hybridized carbons (Fsp3) is 0.692. The van der Waals surface area contributed by atoms with Crippen LogP contribution in [-0.4, -0.2) is 29.2 Å². The van der Waals surface area contributed by atoms with E-state index in [0.29, 0.717) is 11.9 Å². The minimum absolute atomic E-state index is 0.301. The molecule has 1 unspecified atom stereocenters. The molecule has 0 aliphatic carbocycles. The quantitative estimate of drug-likeness (QED) is 0.835. The summed E-state index contributed by atoms with van der Waals surface area (Å²) in [6.07, 6.45) is 4.45. The standard InChI is InChI=1S/C13H22N4O/c1-3-5-11-16-12(14)9(2)13(17-11)15-8-10-6-4-7-18-10/h10H,3-8H2,1-2H3,(H3,14,15,16,17). The average Bonchev–Trinajstić information content (AvgIpc) is 2.85. The van der Waals surface area contributed by atoms with Crippen molar-refractivity contribution < 1.29 is 4.74 Å². The van der Waals surface area contributed by atoms with E-state index in [1.807, 2.05) is 6.92 Å². The van der Waals surface area contributed by atoms with Crippen molar-refractivity contribution in [3.8, 4) is 0 Å². The Labute approximate surface area is 108 Å². The van der Waals surface area contributed by atoms with Gasteiger partial charge in [0.25, 0.3) is 0 Å². The van der Waals surface area contributed by atoms with Crippen molar-refractivity contribution in [1.82, 2.24) is 9.97 Å². The molecule has 1 aromatic heterocycles. The molecule has 5 heteroatoms. The lowest BCUT2D eigenvalue weighted by atomic mass is 10.2. The SMILES string of the molecule is CCCc1nc(N)c(C)c(NCC2CCCO2)n1. The number of hydrogen-bond acceptors (Lipinski definition) is 5. The Bertz CT molecular complexity index is 402. The predicted molar refractivity (Wildman–Crippen MR) is 72.6 cm³/mol. The van der Waals surface area contributed by atoms with Crippen LogP contribution < -0.4 is 11.1 Å². The Morgan fingerprint density at radius 2 is 2.28 bits per heavy atom. The van der Waals surface area contributed by atoms with Crippen molar-refractivity contribution in [3.63, 3.8) is 0 Å². The van der Waals surface area contributed by atoms with Gasteiger partial charge < -0.3 is 15.8 Å². The average molecular weight is 250 g/mol. The molecule has 2 heterocycles. The molecule has 1 aliphatic heterocycles. The number of rotatable bonds is 5. The molecule has 1 aliphatic rings. The van der Waals surface area contributed by atoms with Crippen LogP contribution in [0.4, 0.5) is 11.6 Å². The highest BCUT2D eigenvalue weighted by molar-refractivity contribution is 5.54. The van der Waals surface area contributed by atoms with Crippen LogP contribution in [0.1, 0.15) is 37.6 Å². The Balaban J connectivity index is 2.05. The van der Waals surface area contributed by atoms with E-state index < -0.39 is 0 Å². The van der Waals surface area contributed by atoms with Gasteiger partial charge in [0.1, 0.15) is 17.5 Å². The Morgan fingerprint density at radius 1 is 1.44 bits per heavy atom. The summed E-state index contributed by atoms with van der Waals surface area (Å²) in [6, 6.07) is 0. The molecule has 3 N–H and O–H groups in total. The smallest absolute Gasteiger partial charge is 0.134 e. The highest BCUT2D eigenvalue weighted by Gasteiger charge is 2.16. The lowest BCUT2D eigenvalue weighted by Gasteiger charge is -2.14. The monoisotopic (exact) mass is 250 g/mol. The lowest BCUT2D eigenvalue weighted by Crippen LogP contribution is -2.20. The van der Waals surface area contributed by atoms with E-state index in [-0.39, 0.29) is 0 Å². The zero-order chi connectivity index (χ0) is 13.0. The van der Waals surface area contributed by atoms with Crippen LogP contribution in [0.5, 0.6) is 0 Å². The number of ether oxygens (including phenoxy) is 1. The van der Waals surface area contributed by atoms with Crippen molar-refractivity contribution in [2.75, 3.05) is 24.2 Å². The molecule has 1 aromatic rings. The first-order chi connectivity index (χ1) is 8.70. The number of anilines is 2. The highest BCUT2D eigenvalue weighted by atomic mass is 16.5. The van der Waals surface area contributed by atoms with Crippen LogP contribution in [0.3, 0.4) is 0 Å². The summed E-state index contributed by atoms with van der Waals surface area (Å²) in [4.78, 5) is 8.82. The molecule has 0 aromatic carbocycles. The van der Waals surface area contributed by atoms with E-state index in [0.717, 1.165) is 56.0 Å². The lowest BCUT2D eigenvalue weighted by molar-refractivity contribution is 0.120. The molecule has 0 radical (unpaired) electrons. The second-order valence-corrected chi connectivity index (χ2v) is 4.76. The summed E-state index contributed by atoms with van der Waals surface area (Å²) in [6.45, 7) is 5.73. The molecule has 0 amide bonds. The van der Waals surface area contributed by atoms with E-state index in [1.54, 1.807) is 0 Å². The summed E-state index contributed by atoms with van der Waals surface area (Å²) in [7, 11) is 0. The van der Waals surface area contributed by atoms with Gasteiger partial charge in [-0.25, -0.2) is 9.97 Å². The Hall–Kier alpha value is -1.36. The molecular formula is C13H22N4O. The normalized spacial score (nSPS) is 19.1. The van der Waals surface area contributed by atoms with Crippen LogP contribution in [0.2, 0.25) is 0 Å². The number of nitrogens with two attached hydrogens (primary N) is 1. The van der Waals surface area contributed by atoms with Crippen LogP contribution >= 0.6 is 0 Å². The van der Waals surface area contributed by atoms with Crippen LogP contribution in [0.25, 0.3) is 0 Å². The number of nitrogen functional groups attached to an aromatic ring is 1. The number of nitrogens with zero attached hydrogens (tertiary/aromatic N) is 2. The largest absolute Gasteiger partial charge is 0.383 e. The minimum atomic E-state index is 0.301. The minimum Gasteiger partial charge on any atom is -0.383 e. The van der Waals surface area contributed by atoms with Gasteiger partial charge in [-0.05, 0) is 26.2 Å². The third-order valence-electron chi connectivity index (χ3n) is 3.22. The third-order valence-corrected chi connectivity index (χ3v) is 3.22. The molecule has 1 atom stereocenters. The summed E-state index contributed by atoms with van der Waals surface area (Å²) in [5.74, 6) is 2.24. The van der Waals surface area contributed by atoms with E-state index in [2.05, 4.69) is 22.2 Å². The topological polar surface area (TPSA) is 73.1 Å². The third kappa shape index (κ3) is 3.10. The molecular weight excluding hydrogens is 228 g/mol. The van der Waals surface area contributed by atoms with E-state index in [9.17, 15) is 0 Å². The number of aromatic nitrogens is 2. The molecule has 1 saturated heterocycles. The van der Waals surface area contributed by atoms with Crippen molar-refractivity contribution in [2.45, 2.75) is 45.6 Å². The van der Waals surface area contributed by atoms with Crippen molar-refractivity contribution in [3.05, 3.63) is 11.4 Å². The summed E-state index contributed by atoms with van der Waals surface area (Å²) < 4.78 is 5.59. The van der Waals surface area contributed by atoms with Crippen molar-refractivity contribution in [2.24, 2.45) is 0 Å². The number of hydrogen-bond donors (Lipinski definition) is 2. The van der Waals surface area contributed by atoms with E-state index >= 15 is 0 Å². The maximum atomic E-state index is 5.91. The van der Waals surface area contributed by atoms with Crippen molar-refractivity contribution in [1.29, 1.82) is 0 Å². The molecule has 0 saturated carbocycles. The second kappa shape index (κ2) is 6.00. The molecule has 5 nitrogen and oxygen atoms in total. The zero-order valence-electron chi connectivity index (χ0n) is 11.2. The van der Waals surface area contributed by atoms with Gasteiger partial charge in [-0.3, -0.25) is 0 Å². The number of aryl methyl sites for hydroxylation is 1. The van der Waals surface area contributed by atoms with Gasteiger partial charge in [0.05, 0.1) is 6.10 Å². The fourth-order valence-corrected chi connectivity index (χ4v) is 2.11. The van der Waals surface area contributed by atoms with Gasteiger partial charge in [0.15, 0.2) is 0 Å².